The van der Waals surface area contributed by atoms with Crippen LogP contribution in [0.1, 0.15) is 18.5 Å². The van der Waals surface area contributed by atoms with Gasteiger partial charge in [0.15, 0.2) is 0 Å². The summed E-state index contributed by atoms with van der Waals surface area (Å²) in [5.74, 6) is 0.842. The van der Waals surface area contributed by atoms with E-state index in [2.05, 4.69) is 17.6 Å². The Kier molecular flexibility index (Phi) is 2.70. The standard InChI is InChI=1S/C14H16N2OS/c1-10-13(17)16(8-14(9-18)6-7-14)12-5-3-2-4-11(12)15-10/h2-5,18H,6-9H2,1H3. The van der Waals surface area contributed by atoms with Gasteiger partial charge in [-0.2, -0.15) is 12.6 Å². The van der Waals surface area contributed by atoms with Crippen molar-refractivity contribution in [1.29, 1.82) is 0 Å². The lowest BCUT2D eigenvalue weighted by molar-refractivity contribution is 0.472. The fourth-order valence-electron chi connectivity index (χ4n) is 2.36. The molecule has 0 amide bonds. The minimum atomic E-state index is 0.0294. The minimum absolute atomic E-state index is 0.0294. The summed E-state index contributed by atoms with van der Waals surface area (Å²) >= 11 is 4.42. The number of hydrogen-bond acceptors (Lipinski definition) is 3. The number of nitrogens with zero attached hydrogens (tertiary/aromatic N) is 2. The molecule has 2 aromatic rings. The van der Waals surface area contributed by atoms with Gasteiger partial charge in [-0.3, -0.25) is 4.79 Å². The molecule has 4 heteroatoms. The predicted molar refractivity (Wildman–Crippen MR) is 76.3 cm³/mol. The van der Waals surface area contributed by atoms with Crippen molar-refractivity contribution in [3.8, 4) is 0 Å². The third-order valence-corrected chi connectivity index (χ3v) is 4.47. The zero-order valence-electron chi connectivity index (χ0n) is 10.4. The van der Waals surface area contributed by atoms with Crippen molar-refractivity contribution < 1.29 is 0 Å². The quantitative estimate of drug-likeness (QED) is 0.860. The fraction of sp³-hybridized carbons (Fsp3) is 0.429. The molecule has 0 radical (unpaired) electrons. The highest BCUT2D eigenvalue weighted by Crippen LogP contribution is 2.47. The molecule has 1 aliphatic carbocycles. The van der Waals surface area contributed by atoms with E-state index in [9.17, 15) is 4.79 Å². The van der Waals surface area contributed by atoms with E-state index in [1.165, 1.54) is 12.8 Å². The summed E-state index contributed by atoms with van der Waals surface area (Å²) in [6.07, 6.45) is 2.33. The second-order valence-corrected chi connectivity index (χ2v) is 5.55. The molecule has 3 rings (SSSR count). The molecule has 0 spiro atoms. The highest BCUT2D eigenvalue weighted by Gasteiger charge is 2.42. The molecule has 0 atom stereocenters. The van der Waals surface area contributed by atoms with E-state index >= 15 is 0 Å². The molecule has 0 aliphatic heterocycles. The van der Waals surface area contributed by atoms with Gasteiger partial charge in [0.05, 0.1) is 11.0 Å². The van der Waals surface area contributed by atoms with Crippen LogP contribution in [0.15, 0.2) is 29.1 Å². The second-order valence-electron chi connectivity index (χ2n) is 5.24. The summed E-state index contributed by atoms with van der Waals surface area (Å²) in [6.45, 7) is 2.55. The number of rotatable bonds is 3. The van der Waals surface area contributed by atoms with Crippen LogP contribution >= 0.6 is 12.6 Å². The monoisotopic (exact) mass is 260 g/mol. The molecule has 0 saturated heterocycles. The molecular weight excluding hydrogens is 244 g/mol. The van der Waals surface area contributed by atoms with E-state index in [1.54, 1.807) is 6.92 Å². The predicted octanol–water partition coefficient (Wildman–Crippen LogP) is 2.41. The van der Waals surface area contributed by atoms with Gasteiger partial charge in [0.1, 0.15) is 5.69 Å². The van der Waals surface area contributed by atoms with Crippen LogP contribution in [0, 0.1) is 12.3 Å². The molecule has 94 valence electrons. The first kappa shape index (κ1) is 11.8. The van der Waals surface area contributed by atoms with Crippen LogP contribution in [0.3, 0.4) is 0 Å². The molecule has 1 aromatic heterocycles. The van der Waals surface area contributed by atoms with Crippen LogP contribution in [-0.4, -0.2) is 15.3 Å². The van der Waals surface area contributed by atoms with E-state index in [4.69, 9.17) is 0 Å². The third-order valence-electron chi connectivity index (χ3n) is 3.80. The Labute approximate surface area is 111 Å². The number of thiol groups is 1. The summed E-state index contributed by atoms with van der Waals surface area (Å²) in [6, 6.07) is 7.83. The summed E-state index contributed by atoms with van der Waals surface area (Å²) in [5, 5.41) is 0. The number of aromatic nitrogens is 2. The maximum Gasteiger partial charge on any atom is 0.272 e. The van der Waals surface area contributed by atoms with Crippen molar-refractivity contribution in [3.05, 3.63) is 40.3 Å². The van der Waals surface area contributed by atoms with Crippen molar-refractivity contribution >= 4 is 23.7 Å². The molecule has 1 fully saturated rings. The SMILES string of the molecule is Cc1nc2ccccc2n(CC2(CS)CC2)c1=O. The first-order chi connectivity index (χ1) is 8.65. The molecule has 0 bridgehead atoms. The van der Waals surface area contributed by atoms with Crippen LogP contribution < -0.4 is 5.56 Å². The minimum Gasteiger partial charge on any atom is -0.305 e. The van der Waals surface area contributed by atoms with Crippen molar-refractivity contribution in [2.45, 2.75) is 26.3 Å². The van der Waals surface area contributed by atoms with E-state index < -0.39 is 0 Å². The van der Waals surface area contributed by atoms with Gasteiger partial charge in [-0.1, -0.05) is 12.1 Å². The normalized spacial score (nSPS) is 17.0. The Morgan fingerprint density at radius 2 is 2.11 bits per heavy atom. The van der Waals surface area contributed by atoms with Crippen molar-refractivity contribution in [2.24, 2.45) is 5.41 Å². The fourth-order valence-corrected chi connectivity index (χ4v) is 2.77. The van der Waals surface area contributed by atoms with Gasteiger partial charge in [0, 0.05) is 6.54 Å². The van der Waals surface area contributed by atoms with Crippen molar-refractivity contribution in [2.75, 3.05) is 5.75 Å². The average Bonchev–Trinajstić information content (AvgIpc) is 3.15. The Morgan fingerprint density at radius 1 is 1.39 bits per heavy atom. The molecule has 0 N–H and O–H groups in total. The smallest absolute Gasteiger partial charge is 0.272 e. The van der Waals surface area contributed by atoms with Crippen LogP contribution in [0.2, 0.25) is 0 Å². The summed E-state index contributed by atoms with van der Waals surface area (Å²) in [4.78, 5) is 16.6. The first-order valence-electron chi connectivity index (χ1n) is 6.22. The van der Waals surface area contributed by atoms with Crippen molar-refractivity contribution in [1.82, 2.24) is 9.55 Å². The zero-order chi connectivity index (χ0) is 12.8. The lowest BCUT2D eigenvalue weighted by atomic mass is 10.1. The Hall–Kier alpha value is -1.29. The summed E-state index contributed by atoms with van der Waals surface area (Å²) < 4.78 is 1.88. The van der Waals surface area contributed by atoms with Crippen LogP contribution in [0.25, 0.3) is 11.0 Å². The molecule has 1 heterocycles. The van der Waals surface area contributed by atoms with Crippen LogP contribution in [-0.2, 0) is 6.54 Å². The van der Waals surface area contributed by atoms with Gasteiger partial charge in [-0.05, 0) is 43.1 Å². The van der Waals surface area contributed by atoms with Gasteiger partial charge < -0.3 is 4.57 Å². The maximum atomic E-state index is 12.3. The van der Waals surface area contributed by atoms with Crippen LogP contribution in [0.4, 0.5) is 0 Å². The second kappa shape index (κ2) is 4.12. The molecule has 3 nitrogen and oxygen atoms in total. The lowest BCUT2D eigenvalue weighted by Gasteiger charge is -2.16. The number of fused-ring (bicyclic) bond motifs is 1. The van der Waals surface area contributed by atoms with E-state index in [-0.39, 0.29) is 11.0 Å². The zero-order valence-corrected chi connectivity index (χ0v) is 11.3. The molecule has 0 unspecified atom stereocenters. The van der Waals surface area contributed by atoms with Gasteiger partial charge in [0.25, 0.3) is 5.56 Å². The summed E-state index contributed by atoms with van der Waals surface area (Å²) in [5.41, 5.74) is 2.65. The number of para-hydroxylation sites is 2. The molecule has 1 aromatic carbocycles. The Bertz CT molecular complexity index is 658. The lowest BCUT2D eigenvalue weighted by Crippen LogP contribution is -2.28. The molecule has 1 aliphatic rings. The average molecular weight is 260 g/mol. The molecule has 18 heavy (non-hydrogen) atoms. The van der Waals surface area contributed by atoms with Gasteiger partial charge in [-0.15, -0.1) is 0 Å². The van der Waals surface area contributed by atoms with Gasteiger partial charge in [0.2, 0.25) is 0 Å². The van der Waals surface area contributed by atoms with Gasteiger partial charge in [-0.25, -0.2) is 4.98 Å². The molecule has 1 saturated carbocycles. The highest BCUT2D eigenvalue weighted by atomic mass is 32.1. The Morgan fingerprint density at radius 3 is 2.78 bits per heavy atom. The highest BCUT2D eigenvalue weighted by molar-refractivity contribution is 7.80. The van der Waals surface area contributed by atoms with E-state index in [0.717, 1.165) is 23.3 Å². The largest absolute Gasteiger partial charge is 0.305 e. The first-order valence-corrected chi connectivity index (χ1v) is 6.86. The van der Waals surface area contributed by atoms with E-state index in [0.29, 0.717) is 5.69 Å². The van der Waals surface area contributed by atoms with Crippen LogP contribution in [0.5, 0.6) is 0 Å². The van der Waals surface area contributed by atoms with Crippen molar-refractivity contribution in [3.63, 3.8) is 0 Å². The maximum absolute atomic E-state index is 12.3. The Balaban J connectivity index is 2.20. The van der Waals surface area contributed by atoms with E-state index in [1.807, 2.05) is 28.8 Å². The molecular formula is C14H16N2OS. The van der Waals surface area contributed by atoms with Gasteiger partial charge >= 0.3 is 0 Å². The third kappa shape index (κ3) is 1.85. The number of hydrogen-bond donors (Lipinski definition) is 1. The summed E-state index contributed by atoms with van der Waals surface area (Å²) in [7, 11) is 0. The number of benzene rings is 1. The topological polar surface area (TPSA) is 34.9 Å². The number of aryl methyl sites for hydroxylation is 1.